The standard InChI is InChI=1S/C9H7N.C3H8O2/c1-2-6-9-8(4-1)5-3-7-10-9;1-4-3-5-2/h1-7H;3H2,1-2H3. The van der Waals surface area contributed by atoms with Gasteiger partial charge in [0.2, 0.25) is 0 Å². The zero-order chi connectivity index (χ0) is 10.9. The summed E-state index contributed by atoms with van der Waals surface area (Å²) < 4.78 is 8.94. The highest BCUT2D eigenvalue weighted by Gasteiger charge is 1.86. The lowest BCUT2D eigenvalue weighted by Crippen LogP contribution is -1.87. The van der Waals surface area contributed by atoms with Crippen LogP contribution in [0.2, 0.25) is 0 Å². The Kier molecular flexibility index (Phi) is 5.37. The van der Waals surface area contributed by atoms with E-state index in [1.807, 2.05) is 30.5 Å². The number of hydrogen-bond acceptors (Lipinski definition) is 3. The molecule has 0 spiro atoms. The number of methoxy groups -OCH3 is 2. The smallest absolute Gasteiger partial charge is 0.145 e. The van der Waals surface area contributed by atoms with E-state index in [9.17, 15) is 0 Å². The summed E-state index contributed by atoms with van der Waals surface area (Å²) in [5.41, 5.74) is 1.06. The second-order valence-electron chi connectivity index (χ2n) is 2.89. The van der Waals surface area contributed by atoms with Crippen LogP contribution >= 0.6 is 0 Å². The van der Waals surface area contributed by atoms with E-state index in [0.29, 0.717) is 6.79 Å². The molecular weight excluding hydrogens is 190 g/mol. The van der Waals surface area contributed by atoms with Gasteiger partial charge in [0.05, 0.1) is 5.52 Å². The van der Waals surface area contributed by atoms with Crippen LogP contribution in [0.3, 0.4) is 0 Å². The van der Waals surface area contributed by atoms with Gasteiger partial charge in [0.1, 0.15) is 6.79 Å². The average Bonchev–Trinajstić information content (AvgIpc) is 2.31. The summed E-state index contributed by atoms with van der Waals surface area (Å²) in [7, 11) is 3.17. The van der Waals surface area contributed by atoms with Crippen LogP contribution < -0.4 is 0 Å². The van der Waals surface area contributed by atoms with E-state index >= 15 is 0 Å². The number of ether oxygens (including phenoxy) is 2. The fraction of sp³-hybridized carbons (Fsp3) is 0.250. The molecule has 2 rings (SSSR count). The van der Waals surface area contributed by atoms with E-state index in [-0.39, 0.29) is 0 Å². The first kappa shape index (κ1) is 11.6. The minimum Gasteiger partial charge on any atom is -0.359 e. The molecule has 2 aromatic rings. The number of benzene rings is 1. The predicted octanol–water partition coefficient (Wildman–Crippen LogP) is 2.47. The van der Waals surface area contributed by atoms with Gasteiger partial charge < -0.3 is 9.47 Å². The van der Waals surface area contributed by atoms with Gasteiger partial charge >= 0.3 is 0 Å². The number of aromatic nitrogens is 1. The number of nitrogens with zero attached hydrogens (tertiary/aromatic N) is 1. The molecule has 0 radical (unpaired) electrons. The van der Waals surface area contributed by atoms with E-state index in [2.05, 4.69) is 26.6 Å². The Balaban J connectivity index is 0.000000195. The largest absolute Gasteiger partial charge is 0.359 e. The van der Waals surface area contributed by atoms with Crippen molar-refractivity contribution in [3.05, 3.63) is 42.6 Å². The zero-order valence-electron chi connectivity index (χ0n) is 9.01. The van der Waals surface area contributed by atoms with Crippen LogP contribution in [0.5, 0.6) is 0 Å². The van der Waals surface area contributed by atoms with Crippen molar-refractivity contribution >= 4 is 10.9 Å². The van der Waals surface area contributed by atoms with Crippen LogP contribution in [0, 0.1) is 0 Å². The summed E-state index contributed by atoms with van der Waals surface area (Å²) >= 11 is 0. The van der Waals surface area contributed by atoms with E-state index in [0.717, 1.165) is 5.52 Å². The van der Waals surface area contributed by atoms with Crippen molar-refractivity contribution in [2.45, 2.75) is 0 Å². The molecule has 15 heavy (non-hydrogen) atoms. The van der Waals surface area contributed by atoms with Crippen molar-refractivity contribution in [2.24, 2.45) is 0 Å². The van der Waals surface area contributed by atoms with Gasteiger partial charge in [-0.1, -0.05) is 24.3 Å². The second kappa shape index (κ2) is 6.92. The van der Waals surface area contributed by atoms with Crippen molar-refractivity contribution < 1.29 is 9.47 Å². The summed E-state index contributed by atoms with van der Waals surface area (Å²) in [6.45, 7) is 0.389. The lowest BCUT2D eigenvalue weighted by atomic mass is 10.2. The highest BCUT2D eigenvalue weighted by molar-refractivity contribution is 5.77. The molecule has 0 saturated heterocycles. The SMILES string of the molecule is COCOC.c1ccc2ncccc2c1. The quantitative estimate of drug-likeness (QED) is 0.706. The van der Waals surface area contributed by atoms with Crippen LogP contribution in [0.15, 0.2) is 42.6 Å². The van der Waals surface area contributed by atoms with Crippen molar-refractivity contribution in [3.8, 4) is 0 Å². The minimum atomic E-state index is 0.389. The number of fused-ring (bicyclic) bond motifs is 1. The number of pyridine rings is 1. The third-order valence-electron chi connectivity index (χ3n) is 1.75. The van der Waals surface area contributed by atoms with Gasteiger partial charge in [-0.25, -0.2) is 0 Å². The van der Waals surface area contributed by atoms with Crippen molar-refractivity contribution in [3.63, 3.8) is 0 Å². The third-order valence-corrected chi connectivity index (χ3v) is 1.75. The molecule has 0 atom stereocenters. The van der Waals surface area contributed by atoms with Crippen molar-refractivity contribution in [1.82, 2.24) is 4.98 Å². The van der Waals surface area contributed by atoms with Gasteiger partial charge in [-0.05, 0) is 12.1 Å². The first-order valence-corrected chi connectivity index (χ1v) is 4.66. The molecule has 0 amide bonds. The number of hydrogen-bond donors (Lipinski definition) is 0. The van der Waals surface area contributed by atoms with E-state index < -0.39 is 0 Å². The Morgan fingerprint density at radius 1 is 1.00 bits per heavy atom. The number of para-hydroxylation sites is 1. The fourth-order valence-corrected chi connectivity index (χ4v) is 1.13. The Morgan fingerprint density at radius 3 is 2.27 bits per heavy atom. The lowest BCUT2D eigenvalue weighted by molar-refractivity contribution is -0.00271. The highest BCUT2D eigenvalue weighted by Crippen LogP contribution is 2.07. The minimum absolute atomic E-state index is 0.389. The van der Waals surface area contributed by atoms with Gasteiger partial charge in [-0.3, -0.25) is 4.98 Å². The lowest BCUT2D eigenvalue weighted by Gasteiger charge is -1.91. The number of rotatable bonds is 2. The van der Waals surface area contributed by atoms with E-state index in [1.54, 1.807) is 14.2 Å². The van der Waals surface area contributed by atoms with Gasteiger partial charge in [0, 0.05) is 25.8 Å². The van der Waals surface area contributed by atoms with Crippen LogP contribution in [0.1, 0.15) is 0 Å². The molecule has 0 fully saturated rings. The third kappa shape index (κ3) is 4.06. The maximum atomic E-state index is 4.47. The van der Waals surface area contributed by atoms with Crippen LogP contribution in [0.25, 0.3) is 10.9 Å². The maximum Gasteiger partial charge on any atom is 0.145 e. The molecule has 0 N–H and O–H groups in total. The molecule has 0 aliphatic rings. The topological polar surface area (TPSA) is 31.4 Å². The van der Waals surface area contributed by atoms with Crippen LogP contribution in [-0.2, 0) is 9.47 Å². The molecule has 0 saturated carbocycles. The molecule has 1 aromatic heterocycles. The average molecular weight is 205 g/mol. The zero-order valence-corrected chi connectivity index (χ0v) is 9.01. The van der Waals surface area contributed by atoms with Gasteiger partial charge in [-0.2, -0.15) is 0 Å². The van der Waals surface area contributed by atoms with Gasteiger partial charge in [0.15, 0.2) is 0 Å². The predicted molar refractivity (Wildman–Crippen MR) is 60.6 cm³/mol. The summed E-state index contributed by atoms with van der Waals surface area (Å²) in [5, 5.41) is 1.20. The molecule has 0 unspecified atom stereocenters. The van der Waals surface area contributed by atoms with Crippen molar-refractivity contribution in [2.75, 3.05) is 21.0 Å². The molecule has 1 heterocycles. The maximum absolute atomic E-state index is 4.47. The Labute approximate surface area is 89.7 Å². The van der Waals surface area contributed by atoms with Gasteiger partial charge in [0.25, 0.3) is 0 Å². The van der Waals surface area contributed by atoms with Crippen LogP contribution in [0.4, 0.5) is 0 Å². The first-order chi connectivity index (χ1) is 7.38. The Morgan fingerprint density at radius 2 is 1.67 bits per heavy atom. The van der Waals surface area contributed by atoms with Crippen LogP contribution in [-0.4, -0.2) is 26.0 Å². The highest BCUT2D eigenvalue weighted by atomic mass is 16.6. The fourth-order valence-electron chi connectivity index (χ4n) is 1.13. The molecule has 0 bridgehead atoms. The summed E-state index contributed by atoms with van der Waals surface area (Å²) in [6.07, 6.45) is 1.81. The van der Waals surface area contributed by atoms with E-state index in [4.69, 9.17) is 0 Å². The normalized spacial score (nSPS) is 9.47. The first-order valence-electron chi connectivity index (χ1n) is 4.66. The van der Waals surface area contributed by atoms with Crippen molar-refractivity contribution in [1.29, 1.82) is 0 Å². The monoisotopic (exact) mass is 205 g/mol. The molecule has 0 aliphatic heterocycles. The second-order valence-corrected chi connectivity index (χ2v) is 2.89. The van der Waals surface area contributed by atoms with Gasteiger partial charge in [-0.15, -0.1) is 0 Å². The molecule has 80 valence electrons. The Bertz CT molecular complexity index is 323. The Hall–Kier alpha value is -1.45. The molecule has 1 aromatic carbocycles. The molecule has 0 aliphatic carbocycles. The summed E-state index contributed by atoms with van der Waals surface area (Å²) in [5.74, 6) is 0. The molecule has 3 heteroatoms. The van der Waals surface area contributed by atoms with E-state index in [1.165, 1.54) is 5.39 Å². The molecule has 3 nitrogen and oxygen atoms in total. The summed E-state index contributed by atoms with van der Waals surface area (Å²) in [4.78, 5) is 4.18. The summed E-state index contributed by atoms with van der Waals surface area (Å²) in [6, 6.07) is 12.1. The molecular formula is C12H15NO2.